The summed E-state index contributed by atoms with van der Waals surface area (Å²) in [6.45, 7) is 9.28. The van der Waals surface area contributed by atoms with Crippen LogP contribution in [0.3, 0.4) is 0 Å². The maximum absolute atomic E-state index is 10.5. The lowest BCUT2D eigenvalue weighted by atomic mass is 9.69. The third kappa shape index (κ3) is 4.19. The minimum Gasteiger partial charge on any atom is -0.388 e. The highest BCUT2D eigenvalue weighted by Crippen LogP contribution is 2.40. The van der Waals surface area contributed by atoms with E-state index in [1.54, 1.807) is 0 Å². The van der Waals surface area contributed by atoms with Crippen LogP contribution in [0.1, 0.15) is 65.7 Å². The van der Waals surface area contributed by atoms with Crippen LogP contribution in [0.15, 0.2) is 0 Å². The summed E-state index contributed by atoms with van der Waals surface area (Å²) in [5.41, 5.74) is -0.0400. The fourth-order valence-electron chi connectivity index (χ4n) is 3.63. The van der Waals surface area contributed by atoms with Gasteiger partial charge in [0.2, 0.25) is 0 Å². The van der Waals surface area contributed by atoms with E-state index in [4.69, 9.17) is 4.74 Å². The largest absolute Gasteiger partial charge is 0.388 e. The van der Waals surface area contributed by atoms with Crippen molar-refractivity contribution in [3.8, 4) is 0 Å². The maximum Gasteiger partial charge on any atom is 0.0815 e. The smallest absolute Gasteiger partial charge is 0.0815 e. The molecule has 0 aromatic heterocycles. The second-order valence-corrected chi connectivity index (χ2v) is 7.61. The average molecular weight is 283 g/mol. The molecular weight excluding hydrogens is 250 g/mol. The predicted octanol–water partition coefficient (Wildman–Crippen LogP) is 3.11. The standard InChI is InChI=1S/C17H33NO2/c1-4-16(2,3)14-5-7-15(8-6-14)18-13-17(19)9-11-20-12-10-17/h14-15,18-19H,4-13H2,1-3H3. The van der Waals surface area contributed by atoms with E-state index >= 15 is 0 Å². The number of rotatable bonds is 5. The van der Waals surface area contributed by atoms with E-state index in [9.17, 15) is 5.11 Å². The Morgan fingerprint density at radius 2 is 1.75 bits per heavy atom. The lowest BCUT2D eigenvalue weighted by Gasteiger charge is -2.40. The van der Waals surface area contributed by atoms with Gasteiger partial charge in [0.05, 0.1) is 5.60 Å². The van der Waals surface area contributed by atoms with Gasteiger partial charge in [-0.1, -0.05) is 27.2 Å². The van der Waals surface area contributed by atoms with Crippen molar-refractivity contribution in [3.63, 3.8) is 0 Å². The molecule has 1 saturated carbocycles. The molecule has 118 valence electrons. The molecule has 1 saturated heterocycles. The quantitative estimate of drug-likeness (QED) is 0.814. The van der Waals surface area contributed by atoms with Crippen molar-refractivity contribution >= 4 is 0 Å². The molecule has 0 aromatic rings. The molecule has 2 N–H and O–H groups in total. The molecule has 1 aliphatic heterocycles. The molecule has 0 unspecified atom stereocenters. The van der Waals surface area contributed by atoms with E-state index in [1.807, 2.05) is 0 Å². The van der Waals surface area contributed by atoms with Crippen molar-refractivity contribution in [2.75, 3.05) is 19.8 Å². The third-order valence-corrected chi connectivity index (χ3v) is 5.89. The van der Waals surface area contributed by atoms with E-state index in [1.165, 1.54) is 32.1 Å². The van der Waals surface area contributed by atoms with Gasteiger partial charge in [-0.25, -0.2) is 0 Å². The van der Waals surface area contributed by atoms with Crippen LogP contribution < -0.4 is 5.32 Å². The van der Waals surface area contributed by atoms with Crippen LogP contribution in [0.4, 0.5) is 0 Å². The Morgan fingerprint density at radius 1 is 1.15 bits per heavy atom. The molecule has 0 amide bonds. The first-order valence-electron chi connectivity index (χ1n) is 8.49. The van der Waals surface area contributed by atoms with Gasteiger partial charge in [0.25, 0.3) is 0 Å². The van der Waals surface area contributed by atoms with Crippen LogP contribution in [0.25, 0.3) is 0 Å². The lowest BCUT2D eigenvalue weighted by Crippen LogP contribution is -2.48. The second kappa shape index (κ2) is 6.76. The Balaban J connectivity index is 1.72. The van der Waals surface area contributed by atoms with E-state index in [0.717, 1.165) is 25.3 Å². The summed E-state index contributed by atoms with van der Waals surface area (Å²) in [7, 11) is 0. The maximum atomic E-state index is 10.5. The first kappa shape index (κ1) is 16.3. The predicted molar refractivity (Wildman–Crippen MR) is 82.8 cm³/mol. The fourth-order valence-corrected chi connectivity index (χ4v) is 3.63. The minimum absolute atomic E-state index is 0.490. The summed E-state index contributed by atoms with van der Waals surface area (Å²) < 4.78 is 5.33. The fraction of sp³-hybridized carbons (Fsp3) is 1.00. The minimum atomic E-state index is -0.530. The highest BCUT2D eigenvalue weighted by Gasteiger charge is 2.34. The van der Waals surface area contributed by atoms with Crippen LogP contribution >= 0.6 is 0 Å². The number of hydrogen-bond acceptors (Lipinski definition) is 3. The second-order valence-electron chi connectivity index (χ2n) is 7.61. The Labute approximate surface area is 124 Å². The van der Waals surface area contributed by atoms with Crippen molar-refractivity contribution in [1.29, 1.82) is 0 Å². The van der Waals surface area contributed by atoms with E-state index in [0.29, 0.717) is 24.7 Å². The molecule has 1 aliphatic carbocycles. The molecule has 2 fully saturated rings. The number of hydrogen-bond donors (Lipinski definition) is 2. The zero-order valence-corrected chi connectivity index (χ0v) is 13.6. The lowest BCUT2D eigenvalue weighted by molar-refractivity contribution is -0.0636. The highest BCUT2D eigenvalue weighted by molar-refractivity contribution is 4.88. The molecule has 0 aromatic carbocycles. The van der Waals surface area contributed by atoms with Gasteiger partial charge in [0, 0.05) is 38.6 Å². The SMILES string of the molecule is CCC(C)(C)C1CCC(NCC2(O)CCOCC2)CC1. The molecule has 3 nitrogen and oxygen atoms in total. The monoisotopic (exact) mass is 283 g/mol. The molecule has 0 radical (unpaired) electrons. The molecule has 0 spiro atoms. The molecule has 20 heavy (non-hydrogen) atoms. The van der Waals surface area contributed by atoms with Crippen LogP contribution in [0, 0.1) is 11.3 Å². The molecule has 2 rings (SSSR count). The molecule has 2 aliphatic rings. The van der Waals surface area contributed by atoms with Crippen molar-refractivity contribution in [1.82, 2.24) is 5.32 Å². The van der Waals surface area contributed by atoms with Gasteiger partial charge in [0.15, 0.2) is 0 Å². The molecule has 0 atom stereocenters. The van der Waals surface area contributed by atoms with Crippen molar-refractivity contribution < 1.29 is 9.84 Å². The van der Waals surface area contributed by atoms with Gasteiger partial charge in [-0.2, -0.15) is 0 Å². The topological polar surface area (TPSA) is 41.5 Å². The summed E-state index contributed by atoms with van der Waals surface area (Å²) in [5, 5.41) is 14.1. The van der Waals surface area contributed by atoms with Crippen LogP contribution in [-0.2, 0) is 4.74 Å². The Morgan fingerprint density at radius 3 is 2.30 bits per heavy atom. The number of aliphatic hydroxyl groups is 1. The summed E-state index contributed by atoms with van der Waals surface area (Å²) in [6.07, 6.45) is 8.02. The summed E-state index contributed by atoms with van der Waals surface area (Å²) in [5.74, 6) is 0.872. The van der Waals surface area contributed by atoms with Crippen LogP contribution in [0.2, 0.25) is 0 Å². The number of nitrogens with one attached hydrogen (secondary N) is 1. The Kier molecular flexibility index (Phi) is 5.49. The van der Waals surface area contributed by atoms with Crippen LogP contribution in [-0.4, -0.2) is 36.5 Å². The summed E-state index contributed by atoms with van der Waals surface area (Å²) in [4.78, 5) is 0. The highest BCUT2D eigenvalue weighted by atomic mass is 16.5. The summed E-state index contributed by atoms with van der Waals surface area (Å²) in [6, 6.07) is 0.603. The normalized spacial score (nSPS) is 31.2. The van der Waals surface area contributed by atoms with Gasteiger partial charge < -0.3 is 15.2 Å². The zero-order valence-electron chi connectivity index (χ0n) is 13.6. The molecule has 1 heterocycles. The molecule has 0 bridgehead atoms. The Hall–Kier alpha value is -0.120. The Bertz CT molecular complexity index is 289. The van der Waals surface area contributed by atoms with Gasteiger partial charge in [-0.05, 0) is 37.0 Å². The number of ether oxygens (including phenoxy) is 1. The van der Waals surface area contributed by atoms with Gasteiger partial charge in [-0.15, -0.1) is 0 Å². The van der Waals surface area contributed by atoms with Crippen LogP contribution in [0.5, 0.6) is 0 Å². The van der Waals surface area contributed by atoms with E-state index in [-0.39, 0.29) is 0 Å². The molecular formula is C17H33NO2. The van der Waals surface area contributed by atoms with Crippen molar-refractivity contribution in [3.05, 3.63) is 0 Å². The zero-order chi connectivity index (χ0) is 14.6. The molecule has 3 heteroatoms. The van der Waals surface area contributed by atoms with E-state index in [2.05, 4.69) is 26.1 Å². The van der Waals surface area contributed by atoms with Gasteiger partial charge >= 0.3 is 0 Å². The van der Waals surface area contributed by atoms with Gasteiger partial charge in [-0.3, -0.25) is 0 Å². The van der Waals surface area contributed by atoms with E-state index < -0.39 is 5.60 Å². The summed E-state index contributed by atoms with van der Waals surface area (Å²) >= 11 is 0. The van der Waals surface area contributed by atoms with Crippen molar-refractivity contribution in [2.45, 2.75) is 77.4 Å². The van der Waals surface area contributed by atoms with Gasteiger partial charge in [0.1, 0.15) is 0 Å². The third-order valence-electron chi connectivity index (χ3n) is 5.89. The van der Waals surface area contributed by atoms with Crippen molar-refractivity contribution in [2.24, 2.45) is 11.3 Å². The average Bonchev–Trinajstić information content (AvgIpc) is 2.46. The first-order chi connectivity index (χ1) is 9.45. The first-order valence-corrected chi connectivity index (χ1v) is 8.49.